The second-order valence-corrected chi connectivity index (χ2v) is 9.46. The third kappa shape index (κ3) is 2.77. The predicted molar refractivity (Wildman–Crippen MR) is 110 cm³/mol. The van der Waals surface area contributed by atoms with Gasteiger partial charge in [-0.25, -0.2) is 8.42 Å². The maximum Gasteiger partial charge on any atom is 0.243 e. The molecule has 0 radical (unpaired) electrons. The molecule has 5 heteroatoms. The highest BCUT2D eigenvalue weighted by Gasteiger charge is 2.51. The molecule has 2 aromatic carbocycles. The zero-order valence-electron chi connectivity index (χ0n) is 15.8. The van der Waals surface area contributed by atoms with E-state index in [2.05, 4.69) is 6.58 Å². The van der Waals surface area contributed by atoms with Crippen molar-refractivity contribution in [1.29, 1.82) is 0 Å². The highest BCUT2D eigenvalue weighted by atomic mass is 32.2. The van der Waals surface area contributed by atoms with Gasteiger partial charge in [-0.2, -0.15) is 4.31 Å². The number of allylic oxidation sites excluding steroid dienone is 1. The highest BCUT2D eigenvalue weighted by Crippen LogP contribution is 2.46. The number of rotatable bonds is 3. The molecular weight excluding hydrogens is 370 g/mol. The second-order valence-electron chi connectivity index (χ2n) is 7.52. The molecule has 1 aliphatic carbocycles. The lowest BCUT2D eigenvalue weighted by Crippen LogP contribution is -2.55. The van der Waals surface area contributed by atoms with Crippen LogP contribution in [-0.2, 0) is 20.2 Å². The first kappa shape index (κ1) is 18.8. The van der Waals surface area contributed by atoms with E-state index < -0.39 is 15.4 Å². The molecule has 0 aromatic heterocycles. The van der Waals surface area contributed by atoms with Crippen LogP contribution >= 0.6 is 0 Å². The van der Waals surface area contributed by atoms with Crippen molar-refractivity contribution in [3.63, 3.8) is 0 Å². The van der Waals surface area contributed by atoms with E-state index in [0.29, 0.717) is 13.0 Å². The van der Waals surface area contributed by atoms with Gasteiger partial charge in [0.05, 0.1) is 10.3 Å². The summed E-state index contributed by atoms with van der Waals surface area (Å²) in [5, 5.41) is 0. The van der Waals surface area contributed by atoms with E-state index in [9.17, 15) is 13.2 Å². The quantitative estimate of drug-likeness (QED) is 0.747. The zero-order valence-corrected chi connectivity index (χ0v) is 16.7. The van der Waals surface area contributed by atoms with E-state index >= 15 is 0 Å². The Morgan fingerprint density at radius 2 is 1.82 bits per heavy atom. The minimum atomic E-state index is -3.62. The Morgan fingerprint density at radius 3 is 2.54 bits per heavy atom. The summed E-state index contributed by atoms with van der Waals surface area (Å²) in [5.41, 5.74) is 2.26. The monoisotopic (exact) mass is 393 g/mol. The van der Waals surface area contributed by atoms with Gasteiger partial charge in [0.25, 0.3) is 0 Å². The van der Waals surface area contributed by atoms with Gasteiger partial charge in [-0.3, -0.25) is 4.79 Å². The Hall–Kier alpha value is -2.50. The van der Waals surface area contributed by atoms with E-state index in [0.717, 1.165) is 16.7 Å². The Labute approximate surface area is 166 Å². The highest BCUT2D eigenvalue weighted by molar-refractivity contribution is 7.89. The zero-order chi connectivity index (χ0) is 19.9. The summed E-state index contributed by atoms with van der Waals surface area (Å²) >= 11 is 0. The van der Waals surface area contributed by atoms with Gasteiger partial charge in [-0.1, -0.05) is 54.1 Å². The first-order chi connectivity index (χ1) is 13.4. The lowest BCUT2D eigenvalue weighted by molar-refractivity contribution is -0.122. The summed E-state index contributed by atoms with van der Waals surface area (Å²) in [6.07, 6.45) is 5.65. The molecule has 2 aliphatic rings. The van der Waals surface area contributed by atoms with E-state index in [4.69, 9.17) is 0 Å². The number of carbonyl (C=O) groups is 1. The van der Waals surface area contributed by atoms with Crippen LogP contribution in [0.25, 0.3) is 6.08 Å². The molecular formula is C23H23NO3S. The number of fused-ring (bicyclic) bond motifs is 2. The van der Waals surface area contributed by atoms with Gasteiger partial charge in [0.1, 0.15) is 0 Å². The van der Waals surface area contributed by atoms with Crippen molar-refractivity contribution in [2.24, 2.45) is 5.92 Å². The van der Waals surface area contributed by atoms with E-state index in [1.54, 1.807) is 36.4 Å². The predicted octanol–water partition coefficient (Wildman–Crippen LogP) is 3.73. The lowest BCUT2D eigenvalue weighted by atomic mass is 9.61. The number of carbonyl (C=O) groups excluding carboxylic acids is 1. The Balaban J connectivity index is 1.72. The van der Waals surface area contributed by atoms with Crippen LogP contribution in [0.5, 0.6) is 0 Å². The molecule has 4 nitrogen and oxygen atoms in total. The Bertz CT molecular complexity index is 1070. The minimum absolute atomic E-state index is 0.0310. The summed E-state index contributed by atoms with van der Waals surface area (Å²) in [6, 6.07) is 14.7. The van der Waals surface area contributed by atoms with Crippen molar-refractivity contribution in [1.82, 2.24) is 4.31 Å². The average Bonchev–Trinajstić information content (AvgIpc) is 2.71. The van der Waals surface area contributed by atoms with Gasteiger partial charge in [0.15, 0.2) is 5.78 Å². The molecule has 0 amide bonds. The molecule has 0 saturated carbocycles. The van der Waals surface area contributed by atoms with Gasteiger partial charge in [-0.05, 0) is 42.7 Å². The molecule has 1 saturated heterocycles. The molecule has 4 rings (SSSR count). The molecule has 0 N–H and O–H groups in total. The van der Waals surface area contributed by atoms with Crippen molar-refractivity contribution in [3.05, 3.63) is 84.0 Å². The molecule has 1 heterocycles. The maximum atomic E-state index is 13.2. The number of ketones is 1. The SMILES string of the molecule is C=CC1CN(S(=O)(=O)c2ccc(C)cc2)CCC12C(=O)C=Cc1ccccc12. The van der Waals surface area contributed by atoms with E-state index in [1.807, 2.05) is 37.3 Å². The number of sulfonamides is 1. The van der Waals surface area contributed by atoms with Crippen molar-refractivity contribution in [2.45, 2.75) is 23.7 Å². The minimum Gasteiger partial charge on any atom is -0.294 e. The molecule has 2 unspecified atom stereocenters. The van der Waals surface area contributed by atoms with Crippen LogP contribution < -0.4 is 0 Å². The fourth-order valence-corrected chi connectivity index (χ4v) is 5.91. The topological polar surface area (TPSA) is 54.5 Å². The van der Waals surface area contributed by atoms with Gasteiger partial charge in [-0.15, -0.1) is 6.58 Å². The summed E-state index contributed by atoms with van der Waals surface area (Å²) < 4.78 is 27.8. The number of aryl methyl sites for hydroxylation is 1. The third-order valence-electron chi connectivity index (χ3n) is 6.03. The molecule has 144 valence electrons. The van der Waals surface area contributed by atoms with Crippen molar-refractivity contribution >= 4 is 21.9 Å². The smallest absolute Gasteiger partial charge is 0.243 e. The third-order valence-corrected chi connectivity index (χ3v) is 7.91. The Kier molecular flexibility index (Phi) is 4.60. The summed E-state index contributed by atoms with van der Waals surface area (Å²) in [4.78, 5) is 13.3. The summed E-state index contributed by atoms with van der Waals surface area (Å²) in [6.45, 7) is 6.41. The van der Waals surface area contributed by atoms with Crippen LogP contribution in [0.15, 0.2) is 72.2 Å². The van der Waals surface area contributed by atoms with Crippen molar-refractivity contribution < 1.29 is 13.2 Å². The Morgan fingerprint density at radius 1 is 1.11 bits per heavy atom. The van der Waals surface area contributed by atoms with Crippen LogP contribution in [0, 0.1) is 12.8 Å². The van der Waals surface area contributed by atoms with E-state index in [-0.39, 0.29) is 23.1 Å². The number of benzene rings is 2. The first-order valence-electron chi connectivity index (χ1n) is 9.41. The van der Waals surface area contributed by atoms with Crippen molar-refractivity contribution in [2.75, 3.05) is 13.1 Å². The van der Waals surface area contributed by atoms with Gasteiger partial charge in [0, 0.05) is 19.0 Å². The van der Waals surface area contributed by atoms with Gasteiger partial charge < -0.3 is 0 Å². The standard InChI is InChI=1S/C23H23NO3S/c1-3-19-16-24(28(26,27)20-11-8-17(2)9-12-20)15-14-23(19)21-7-5-4-6-18(21)10-13-22(23)25/h3-13,19H,1,14-16H2,2H3. The van der Waals surface area contributed by atoms with Crippen LogP contribution in [0.2, 0.25) is 0 Å². The van der Waals surface area contributed by atoms with Crippen LogP contribution in [-0.4, -0.2) is 31.6 Å². The molecule has 2 aromatic rings. The van der Waals surface area contributed by atoms with Gasteiger partial charge in [0.2, 0.25) is 10.0 Å². The van der Waals surface area contributed by atoms with Crippen LogP contribution in [0.3, 0.4) is 0 Å². The van der Waals surface area contributed by atoms with Crippen molar-refractivity contribution in [3.8, 4) is 0 Å². The normalized spacial score (nSPS) is 24.9. The largest absolute Gasteiger partial charge is 0.294 e. The number of hydrogen-bond acceptors (Lipinski definition) is 3. The summed E-state index contributed by atoms with van der Waals surface area (Å²) in [5.74, 6) is -0.261. The van der Waals surface area contributed by atoms with Crippen LogP contribution in [0.4, 0.5) is 0 Å². The fourth-order valence-electron chi connectivity index (χ4n) is 4.44. The number of hydrogen-bond donors (Lipinski definition) is 0. The molecule has 28 heavy (non-hydrogen) atoms. The fraction of sp³-hybridized carbons (Fsp3) is 0.261. The molecule has 1 aliphatic heterocycles. The molecule has 1 fully saturated rings. The van der Waals surface area contributed by atoms with E-state index in [1.165, 1.54) is 4.31 Å². The number of nitrogens with zero attached hydrogens (tertiary/aromatic N) is 1. The molecule has 2 atom stereocenters. The summed E-state index contributed by atoms with van der Waals surface area (Å²) in [7, 11) is -3.62. The first-order valence-corrected chi connectivity index (χ1v) is 10.8. The average molecular weight is 394 g/mol. The van der Waals surface area contributed by atoms with Crippen LogP contribution in [0.1, 0.15) is 23.1 Å². The maximum absolute atomic E-state index is 13.2. The van der Waals surface area contributed by atoms with Gasteiger partial charge >= 0.3 is 0 Å². The molecule has 0 bridgehead atoms. The molecule has 1 spiro atoms. The second kappa shape index (κ2) is 6.83. The number of piperidine rings is 1. The lowest BCUT2D eigenvalue weighted by Gasteiger charge is -2.46.